The van der Waals surface area contributed by atoms with Gasteiger partial charge >= 0.3 is 5.97 Å². The number of benzene rings is 1. The molecule has 1 aliphatic heterocycles. The number of phenols is 1. The quantitative estimate of drug-likeness (QED) is 0.709. The minimum atomic E-state index is -0.349. The van der Waals surface area contributed by atoms with Gasteiger partial charge in [0.2, 0.25) is 0 Å². The molecule has 0 atom stereocenters. The highest BCUT2D eigenvalue weighted by Crippen LogP contribution is 2.44. The van der Waals surface area contributed by atoms with Crippen LogP contribution in [0.1, 0.15) is 23.0 Å². The van der Waals surface area contributed by atoms with E-state index in [1.807, 2.05) is 22.1 Å². The van der Waals surface area contributed by atoms with Crippen LogP contribution >= 0.6 is 11.3 Å². The van der Waals surface area contributed by atoms with Crippen molar-refractivity contribution in [2.45, 2.75) is 19.9 Å². The Bertz CT molecular complexity index is 976. The van der Waals surface area contributed by atoms with Gasteiger partial charge in [0, 0.05) is 29.2 Å². The van der Waals surface area contributed by atoms with Crippen LogP contribution in [-0.4, -0.2) is 34.3 Å². The number of methoxy groups -OCH3 is 1. The van der Waals surface area contributed by atoms with Crippen LogP contribution in [-0.2, 0) is 17.7 Å². The summed E-state index contributed by atoms with van der Waals surface area (Å²) in [6.45, 7) is 2.76. The summed E-state index contributed by atoms with van der Waals surface area (Å²) >= 11 is 1.51. The van der Waals surface area contributed by atoms with E-state index >= 15 is 0 Å². The van der Waals surface area contributed by atoms with Crippen molar-refractivity contribution in [3.63, 3.8) is 0 Å². The number of aromatic hydroxyl groups is 1. The molecule has 1 aliphatic rings. The van der Waals surface area contributed by atoms with Gasteiger partial charge in [0.25, 0.3) is 0 Å². The van der Waals surface area contributed by atoms with E-state index in [9.17, 15) is 9.90 Å². The second-order valence-electron chi connectivity index (χ2n) is 5.93. The Labute approximate surface area is 154 Å². The first-order valence-electron chi connectivity index (χ1n) is 8.34. The number of carbonyl (C=O) groups excluding carboxylic acids is 1. The van der Waals surface area contributed by atoms with Crippen LogP contribution in [0.2, 0.25) is 0 Å². The van der Waals surface area contributed by atoms with Gasteiger partial charge in [-0.25, -0.2) is 9.78 Å². The fraction of sp³-hybridized carbons (Fsp3) is 0.263. The van der Waals surface area contributed by atoms with Gasteiger partial charge in [0.15, 0.2) is 11.5 Å². The van der Waals surface area contributed by atoms with Crippen molar-refractivity contribution in [2.75, 3.05) is 13.7 Å². The van der Waals surface area contributed by atoms with Crippen LogP contribution in [0.3, 0.4) is 0 Å². The zero-order valence-electron chi connectivity index (χ0n) is 14.5. The summed E-state index contributed by atoms with van der Waals surface area (Å²) in [6, 6.07) is 5.39. The molecule has 0 saturated carbocycles. The van der Waals surface area contributed by atoms with Gasteiger partial charge in [0.05, 0.1) is 19.4 Å². The molecule has 3 aromatic rings. The normalized spacial score (nSPS) is 12.4. The predicted octanol–water partition coefficient (Wildman–Crippen LogP) is 3.73. The van der Waals surface area contributed by atoms with Crippen molar-refractivity contribution < 1.29 is 19.4 Å². The van der Waals surface area contributed by atoms with E-state index in [-0.39, 0.29) is 11.7 Å². The van der Waals surface area contributed by atoms with Gasteiger partial charge in [-0.2, -0.15) is 0 Å². The summed E-state index contributed by atoms with van der Waals surface area (Å²) in [5, 5.41) is 13.0. The zero-order chi connectivity index (χ0) is 18.3. The highest BCUT2D eigenvalue weighted by Gasteiger charge is 2.29. The lowest BCUT2D eigenvalue weighted by Gasteiger charge is -2.23. The van der Waals surface area contributed by atoms with Crippen LogP contribution in [0.5, 0.6) is 11.5 Å². The van der Waals surface area contributed by atoms with Crippen molar-refractivity contribution in [2.24, 2.45) is 0 Å². The summed E-state index contributed by atoms with van der Waals surface area (Å²) < 4.78 is 12.4. The Morgan fingerprint density at radius 1 is 1.35 bits per heavy atom. The maximum Gasteiger partial charge on any atom is 0.354 e. The van der Waals surface area contributed by atoms with E-state index in [4.69, 9.17) is 9.47 Å². The van der Waals surface area contributed by atoms with E-state index in [1.54, 1.807) is 19.2 Å². The molecule has 3 heterocycles. The van der Waals surface area contributed by atoms with Gasteiger partial charge in [-0.3, -0.25) is 0 Å². The first kappa shape index (κ1) is 16.7. The second kappa shape index (κ2) is 6.49. The fourth-order valence-corrected chi connectivity index (χ4v) is 4.05. The molecule has 4 rings (SSSR count). The van der Waals surface area contributed by atoms with Crippen molar-refractivity contribution in [1.29, 1.82) is 0 Å². The third-order valence-electron chi connectivity index (χ3n) is 4.51. The second-order valence-corrected chi connectivity index (χ2v) is 6.83. The van der Waals surface area contributed by atoms with Crippen LogP contribution in [0.4, 0.5) is 0 Å². The summed E-state index contributed by atoms with van der Waals surface area (Å²) in [6.07, 6.45) is 2.47. The summed E-state index contributed by atoms with van der Waals surface area (Å²) in [5.74, 6) is 0.173. The van der Waals surface area contributed by atoms with Crippen LogP contribution in [0, 0.1) is 0 Å². The third-order valence-corrected chi connectivity index (χ3v) is 5.32. The monoisotopic (exact) mass is 370 g/mol. The van der Waals surface area contributed by atoms with E-state index < -0.39 is 0 Å². The Kier molecular flexibility index (Phi) is 4.16. The molecule has 7 heteroatoms. The number of esters is 1. The Morgan fingerprint density at radius 2 is 2.19 bits per heavy atom. The van der Waals surface area contributed by atoms with Crippen LogP contribution in [0.25, 0.3) is 21.8 Å². The standard InChI is InChI=1S/C19H18N2O4S/c1-3-25-19(23)14-9-13(18-20-5-7-26-18)17-12-10-15(22)16(24-2)8-11(12)4-6-21(14)17/h5,7-10,22H,3-4,6H2,1-2H3. The number of phenolic OH excluding ortho intramolecular Hbond substituents is 1. The number of carbonyl (C=O) groups is 1. The van der Waals surface area contributed by atoms with Gasteiger partial charge in [-0.1, -0.05) is 0 Å². The molecule has 0 saturated heterocycles. The number of nitrogens with zero attached hydrogens (tertiary/aromatic N) is 2. The first-order valence-corrected chi connectivity index (χ1v) is 9.22. The van der Waals surface area contributed by atoms with Crippen molar-refractivity contribution in [1.82, 2.24) is 9.55 Å². The molecule has 134 valence electrons. The third kappa shape index (κ3) is 2.55. The average Bonchev–Trinajstić information content (AvgIpc) is 3.28. The average molecular weight is 370 g/mol. The molecule has 26 heavy (non-hydrogen) atoms. The molecule has 0 fully saturated rings. The highest BCUT2D eigenvalue weighted by atomic mass is 32.1. The molecule has 2 aromatic heterocycles. The number of thiazole rings is 1. The number of fused-ring (bicyclic) bond motifs is 3. The van der Waals surface area contributed by atoms with Crippen LogP contribution < -0.4 is 4.74 Å². The summed E-state index contributed by atoms with van der Waals surface area (Å²) in [7, 11) is 1.53. The van der Waals surface area contributed by atoms with Crippen molar-refractivity contribution in [3.05, 3.63) is 41.0 Å². The number of aromatic nitrogens is 2. The number of aryl methyl sites for hydroxylation is 1. The van der Waals surface area contributed by atoms with Gasteiger partial charge in [-0.15, -0.1) is 11.3 Å². The lowest BCUT2D eigenvalue weighted by atomic mass is 9.95. The Balaban J connectivity index is 1.96. The number of hydrogen-bond acceptors (Lipinski definition) is 6. The molecule has 0 bridgehead atoms. The van der Waals surface area contributed by atoms with Gasteiger partial charge < -0.3 is 19.1 Å². The largest absolute Gasteiger partial charge is 0.504 e. The highest BCUT2D eigenvalue weighted by molar-refractivity contribution is 7.13. The molecular weight excluding hydrogens is 352 g/mol. The van der Waals surface area contributed by atoms with Crippen LogP contribution in [0.15, 0.2) is 29.8 Å². The minimum absolute atomic E-state index is 0.0728. The first-order chi connectivity index (χ1) is 12.6. The zero-order valence-corrected chi connectivity index (χ0v) is 15.3. The predicted molar refractivity (Wildman–Crippen MR) is 98.9 cm³/mol. The van der Waals surface area contributed by atoms with E-state index in [0.29, 0.717) is 24.6 Å². The van der Waals surface area contributed by atoms with Crippen molar-refractivity contribution >= 4 is 17.3 Å². The fourth-order valence-electron chi connectivity index (χ4n) is 3.40. The SMILES string of the molecule is CCOC(=O)c1cc(-c2nccs2)c2n1CCc1cc(OC)c(O)cc1-2. The summed E-state index contributed by atoms with van der Waals surface area (Å²) in [5.41, 5.74) is 4.21. The topological polar surface area (TPSA) is 73.6 Å². The molecule has 1 aromatic carbocycles. The van der Waals surface area contributed by atoms with Crippen molar-refractivity contribution in [3.8, 4) is 33.3 Å². The lowest BCUT2D eigenvalue weighted by molar-refractivity contribution is 0.0514. The molecule has 0 spiro atoms. The Hall–Kier alpha value is -2.80. The molecule has 6 nitrogen and oxygen atoms in total. The van der Waals surface area contributed by atoms with E-state index in [1.165, 1.54) is 18.4 Å². The maximum atomic E-state index is 12.4. The smallest absolute Gasteiger partial charge is 0.354 e. The maximum absolute atomic E-state index is 12.4. The molecular formula is C19H18N2O4S. The van der Waals surface area contributed by atoms with Gasteiger partial charge in [-0.05, 0) is 37.1 Å². The molecule has 1 N–H and O–H groups in total. The molecule has 0 amide bonds. The lowest BCUT2D eigenvalue weighted by Crippen LogP contribution is -2.17. The van der Waals surface area contributed by atoms with E-state index in [0.717, 1.165) is 33.8 Å². The summed E-state index contributed by atoms with van der Waals surface area (Å²) in [4.78, 5) is 16.9. The van der Waals surface area contributed by atoms with Gasteiger partial charge in [0.1, 0.15) is 10.7 Å². The molecule has 0 unspecified atom stereocenters. The number of hydrogen-bond donors (Lipinski definition) is 1. The number of ether oxygens (including phenoxy) is 2. The Morgan fingerprint density at radius 3 is 2.88 bits per heavy atom. The van der Waals surface area contributed by atoms with E-state index in [2.05, 4.69) is 4.98 Å². The molecule has 0 aliphatic carbocycles. The molecule has 0 radical (unpaired) electrons. The minimum Gasteiger partial charge on any atom is -0.504 e. The number of rotatable bonds is 4.